The lowest BCUT2D eigenvalue weighted by molar-refractivity contribution is 1.30. The lowest BCUT2D eigenvalue weighted by Gasteiger charge is -2.32. The third kappa shape index (κ3) is 4.72. The highest BCUT2D eigenvalue weighted by Crippen LogP contribution is 2.61. The maximum Gasteiger partial charge on any atom is 0.0540 e. The number of rotatable bonds is 6. The van der Waals surface area contributed by atoms with Crippen LogP contribution >= 0.6 is 0 Å². The average molecular weight is 957 g/mol. The molecule has 0 bridgehead atoms. The van der Waals surface area contributed by atoms with Crippen molar-refractivity contribution in [3.63, 3.8) is 0 Å². The van der Waals surface area contributed by atoms with Gasteiger partial charge < -0.3 is 9.80 Å². The summed E-state index contributed by atoms with van der Waals surface area (Å²) in [7, 11) is 0. The van der Waals surface area contributed by atoms with Crippen molar-refractivity contribution < 1.29 is 0 Å². The van der Waals surface area contributed by atoms with Crippen LogP contribution in [0.5, 0.6) is 0 Å². The predicted molar refractivity (Wildman–Crippen MR) is 328 cm³/mol. The lowest BCUT2D eigenvalue weighted by Crippen LogP contribution is -2.11. The van der Waals surface area contributed by atoms with E-state index in [1.54, 1.807) is 0 Å². The minimum Gasteiger partial charge on any atom is -0.310 e. The Morgan fingerprint density at radius 1 is 0.158 bits per heavy atom. The number of nitrogens with zero attached hydrogens (tertiary/aromatic N) is 2. The van der Waals surface area contributed by atoms with E-state index in [1.165, 1.54) is 151 Å². The number of fused-ring (bicyclic) bond motifs is 8. The van der Waals surface area contributed by atoms with Crippen LogP contribution < -0.4 is 9.80 Å². The van der Waals surface area contributed by atoms with Crippen LogP contribution in [0.25, 0.3) is 151 Å². The van der Waals surface area contributed by atoms with E-state index in [2.05, 4.69) is 252 Å². The first kappa shape index (κ1) is 39.5. The largest absolute Gasteiger partial charge is 0.310 e. The van der Waals surface area contributed by atoms with Crippen molar-refractivity contribution in [2.45, 2.75) is 0 Å². The van der Waals surface area contributed by atoms with Gasteiger partial charge in [-0.15, -0.1) is 0 Å². The van der Waals surface area contributed by atoms with E-state index in [1.807, 2.05) is 0 Å². The lowest BCUT2D eigenvalue weighted by atomic mass is 9.73. The van der Waals surface area contributed by atoms with Gasteiger partial charge in [0.2, 0.25) is 0 Å². The Balaban J connectivity index is 1.10. The van der Waals surface area contributed by atoms with Gasteiger partial charge in [-0.3, -0.25) is 0 Å². The van der Waals surface area contributed by atoms with E-state index >= 15 is 0 Å². The third-order valence-electron chi connectivity index (χ3n) is 17.8. The highest BCUT2D eigenvalue weighted by molar-refractivity contribution is 6.61. The van der Waals surface area contributed by atoms with Crippen molar-refractivity contribution in [3.8, 4) is 0 Å². The number of para-hydroxylation sites is 2. The molecule has 0 radical (unpaired) electrons. The van der Waals surface area contributed by atoms with Crippen LogP contribution in [0.1, 0.15) is 0 Å². The molecular formula is C74H40N2. The molecule has 346 valence electrons. The van der Waals surface area contributed by atoms with Crippen LogP contribution in [0.4, 0.5) is 34.1 Å². The summed E-state index contributed by atoms with van der Waals surface area (Å²) in [5.41, 5.74) is 6.79. The number of hydrogen-bond donors (Lipinski definition) is 0. The van der Waals surface area contributed by atoms with Crippen molar-refractivity contribution in [3.05, 3.63) is 243 Å². The zero-order valence-electron chi connectivity index (χ0n) is 41.0. The summed E-state index contributed by atoms with van der Waals surface area (Å²) in [5, 5.41) is 37.1. The maximum atomic E-state index is 2.55. The summed E-state index contributed by atoms with van der Waals surface area (Å²) in [4.78, 5) is 5.03. The predicted octanol–water partition coefficient (Wildman–Crippen LogP) is 21.4. The third-order valence-corrected chi connectivity index (χ3v) is 17.8. The summed E-state index contributed by atoms with van der Waals surface area (Å²) in [6.07, 6.45) is 0. The fourth-order valence-corrected chi connectivity index (χ4v) is 15.0. The van der Waals surface area contributed by atoms with Crippen LogP contribution in [0, 0.1) is 0 Å². The van der Waals surface area contributed by atoms with Gasteiger partial charge in [0.25, 0.3) is 0 Å². The molecule has 0 aliphatic rings. The van der Waals surface area contributed by atoms with Gasteiger partial charge in [-0.25, -0.2) is 0 Å². The molecule has 0 spiro atoms. The normalized spacial score (nSPS) is 12.7. The van der Waals surface area contributed by atoms with Gasteiger partial charge in [0.1, 0.15) is 0 Å². The zero-order chi connectivity index (χ0) is 49.1. The van der Waals surface area contributed by atoms with E-state index in [9.17, 15) is 0 Å². The standard InChI is InChI=1S/C74H40N2/c1-3-21-43(22-4-1)75(61-35-11-19-41-17-7-9-25-47(41)61)45-37-57-55-33-15-31-53-51-29-13-27-49-50-28-14-30-52-54-32-16-34-56-58-38-46(76(44-23-5-2-6-24-44)62-36-12-20-42-18-8-10-26-48(42)62)40-60-59(39-45)67(57)73-71(65(53)55)69(63(49)51)70(64(50)52)72(66(54)56)74(73)68(58)60/h1-40H. The summed E-state index contributed by atoms with van der Waals surface area (Å²) in [6, 6.07) is 91.8. The molecule has 0 heterocycles. The van der Waals surface area contributed by atoms with E-state index in [0.29, 0.717) is 0 Å². The first-order chi connectivity index (χ1) is 37.8. The molecule has 0 unspecified atom stereocenters. The second-order valence-electron chi connectivity index (χ2n) is 21.3. The molecule has 19 aromatic rings. The second-order valence-corrected chi connectivity index (χ2v) is 21.3. The molecule has 19 rings (SSSR count). The molecule has 0 aliphatic carbocycles. The quantitative estimate of drug-likeness (QED) is 0.121. The van der Waals surface area contributed by atoms with Crippen molar-refractivity contribution >= 4 is 185 Å². The molecule has 0 fully saturated rings. The van der Waals surface area contributed by atoms with Crippen molar-refractivity contribution in [2.24, 2.45) is 0 Å². The first-order valence-electron chi connectivity index (χ1n) is 26.6. The molecule has 0 aromatic heterocycles. The molecule has 0 saturated carbocycles. The smallest absolute Gasteiger partial charge is 0.0540 e. The maximum absolute atomic E-state index is 2.55. The molecule has 76 heavy (non-hydrogen) atoms. The van der Waals surface area contributed by atoms with Gasteiger partial charge in [-0.2, -0.15) is 0 Å². The van der Waals surface area contributed by atoms with Crippen molar-refractivity contribution in [2.75, 3.05) is 9.80 Å². The SMILES string of the molecule is c1ccc(N(c2cc3c4cccc5c6cccc7c8cccc9c%10cccc%11c%12cc(N(c%13ccccc%13)c%13cccc%14ccccc%13%14)cc%13c(c2)c3c2c(c54)c(c76)c(c89)c(c%10%11)c2c%12%13)c2cccc3ccccc23)cc1. The van der Waals surface area contributed by atoms with Crippen molar-refractivity contribution in [1.29, 1.82) is 0 Å². The molecule has 0 atom stereocenters. The Labute approximate surface area is 435 Å². The molecule has 0 aliphatic heterocycles. The van der Waals surface area contributed by atoms with Gasteiger partial charge >= 0.3 is 0 Å². The van der Waals surface area contributed by atoms with Gasteiger partial charge in [-0.1, -0.05) is 182 Å². The summed E-state index contributed by atoms with van der Waals surface area (Å²) >= 11 is 0. The second kappa shape index (κ2) is 14.0. The highest BCUT2D eigenvalue weighted by atomic mass is 15.1. The Bertz CT molecular complexity index is 5230. The minimum absolute atomic E-state index is 1.12. The Morgan fingerprint density at radius 3 is 0.737 bits per heavy atom. The van der Waals surface area contributed by atoms with E-state index in [0.717, 1.165) is 34.1 Å². The molecular weight excluding hydrogens is 917 g/mol. The minimum atomic E-state index is 1.12. The van der Waals surface area contributed by atoms with Crippen LogP contribution in [-0.4, -0.2) is 0 Å². The Kier molecular flexibility index (Phi) is 7.26. The van der Waals surface area contributed by atoms with Gasteiger partial charge in [0.05, 0.1) is 11.4 Å². The van der Waals surface area contributed by atoms with Gasteiger partial charge in [0, 0.05) is 33.5 Å². The summed E-state index contributed by atoms with van der Waals surface area (Å²) in [6.45, 7) is 0. The van der Waals surface area contributed by atoms with Crippen LogP contribution in [0.2, 0.25) is 0 Å². The first-order valence-corrected chi connectivity index (χ1v) is 26.6. The van der Waals surface area contributed by atoms with E-state index < -0.39 is 0 Å². The highest BCUT2D eigenvalue weighted by Gasteiger charge is 2.33. The average Bonchev–Trinajstić information content (AvgIpc) is 3.59. The van der Waals surface area contributed by atoms with Gasteiger partial charge in [-0.05, 0) is 201 Å². The van der Waals surface area contributed by atoms with E-state index in [4.69, 9.17) is 0 Å². The van der Waals surface area contributed by atoms with Crippen molar-refractivity contribution in [1.82, 2.24) is 0 Å². The Hall–Kier alpha value is -10.0. The Morgan fingerprint density at radius 2 is 0.395 bits per heavy atom. The summed E-state index contributed by atoms with van der Waals surface area (Å²) < 4.78 is 0. The molecule has 0 N–H and O–H groups in total. The molecule has 2 nitrogen and oxygen atoms in total. The molecule has 0 amide bonds. The number of benzene rings is 19. The fourth-order valence-electron chi connectivity index (χ4n) is 15.0. The molecule has 0 saturated heterocycles. The van der Waals surface area contributed by atoms with Gasteiger partial charge in [0.15, 0.2) is 0 Å². The zero-order valence-corrected chi connectivity index (χ0v) is 41.0. The van der Waals surface area contributed by atoms with E-state index in [-0.39, 0.29) is 0 Å². The van der Waals surface area contributed by atoms with Crippen LogP contribution in [-0.2, 0) is 0 Å². The van der Waals surface area contributed by atoms with Crippen LogP contribution in [0.15, 0.2) is 243 Å². The molecule has 19 aromatic carbocycles. The molecule has 2 heteroatoms. The topological polar surface area (TPSA) is 6.48 Å². The number of anilines is 6. The summed E-state index contributed by atoms with van der Waals surface area (Å²) in [5.74, 6) is 0. The van der Waals surface area contributed by atoms with Crippen LogP contribution in [0.3, 0.4) is 0 Å². The fraction of sp³-hybridized carbons (Fsp3) is 0. The monoisotopic (exact) mass is 956 g/mol. The number of hydrogen-bond acceptors (Lipinski definition) is 2.